The second-order valence-corrected chi connectivity index (χ2v) is 4.15. The third-order valence-electron chi connectivity index (χ3n) is 2.09. The molecular weight excluding hydrogens is 184 g/mol. The highest BCUT2D eigenvalue weighted by molar-refractivity contribution is 6.17. The second-order valence-electron chi connectivity index (χ2n) is 3.88. The van der Waals surface area contributed by atoms with Crippen molar-refractivity contribution in [3.8, 4) is 0 Å². The van der Waals surface area contributed by atoms with Gasteiger partial charge >= 0.3 is 0 Å². The molecule has 0 fully saturated rings. The van der Waals surface area contributed by atoms with Crippen LogP contribution in [0.5, 0.6) is 0 Å². The van der Waals surface area contributed by atoms with Crippen LogP contribution in [-0.2, 0) is 5.88 Å². The van der Waals surface area contributed by atoms with E-state index in [1.165, 1.54) is 5.69 Å². The lowest BCUT2D eigenvalue weighted by molar-refractivity contribution is 0.496. The first-order chi connectivity index (χ1) is 6.07. The minimum atomic E-state index is 0.411. The van der Waals surface area contributed by atoms with E-state index in [2.05, 4.69) is 37.5 Å². The van der Waals surface area contributed by atoms with Gasteiger partial charge in [-0.05, 0) is 19.8 Å². The summed E-state index contributed by atoms with van der Waals surface area (Å²) in [4.78, 5) is 0. The van der Waals surface area contributed by atoms with Crippen LogP contribution in [-0.4, -0.2) is 9.78 Å². The van der Waals surface area contributed by atoms with Crippen molar-refractivity contribution in [2.45, 2.75) is 45.5 Å². The van der Waals surface area contributed by atoms with E-state index in [-0.39, 0.29) is 0 Å². The standard InChI is InChI=1S/C10H17ClN2/c1-7(2)10-9(5-11)6-12-13(10)8(3)4/h6-8H,5H2,1-4H3. The summed E-state index contributed by atoms with van der Waals surface area (Å²) in [5, 5.41) is 4.34. The quantitative estimate of drug-likeness (QED) is 0.685. The van der Waals surface area contributed by atoms with Crippen molar-refractivity contribution < 1.29 is 0 Å². The predicted molar refractivity (Wildman–Crippen MR) is 56.3 cm³/mol. The minimum Gasteiger partial charge on any atom is -0.267 e. The number of hydrogen-bond donors (Lipinski definition) is 0. The zero-order valence-corrected chi connectivity index (χ0v) is 9.47. The van der Waals surface area contributed by atoms with Crippen molar-refractivity contribution in [1.82, 2.24) is 9.78 Å². The van der Waals surface area contributed by atoms with Gasteiger partial charge in [-0.15, -0.1) is 11.6 Å². The Kier molecular flexibility index (Phi) is 3.37. The fraction of sp³-hybridized carbons (Fsp3) is 0.700. The molecule has 0 spiro atoms. The van der Waals surface area contributed by atoms with Crippen LogP contribution >= 0.6 is 11.6 Å². The Morgan fingerprint density at radius 3 is 2.38 bits per heavy atom. The number of aromatic nitrogens is 2. The Bertz CT molecular complexity index is 276. The Morgan fingerprint density at radius 2 is 2.00 bits per heavy atom. The van der Waals surface area contributed by atoms with Gasteiger partial charge in [0.1, 0.15) is 0 Å². The largest absolute Gasteiger partial charge is 0.267 e. The van der Waals surface area contributed by atoms with Gasteiger partial charge in [-0.25, -0.2) is 0 Å². The van der Waals surface area contributed by atoms with E-state index in [1.54, 1.807) is 0 Å². The highest BCUT2D eigenvalue weighted by Gasteiger charge is 2.14. The summed E-state index contributed by atoms with van der Waals surface area (Å²) in [5.41, 5.74) is 2.43. The molecule has 2 nitrogen and oxygen atoms in total. The Labute approximate surface area is 84.9 Å². The lowest BCUT2D eigenvalue weighted by Crippen LogP contribution is -2.09. The molecular formula is C10H17ClN2. The highest BCUT2D eigenvalue weighted by atomic mass is 35.5. The van der Waals surface area contributed by atoms with Crippen molar-refractivity contribution >= 4 is 11.6 Å². The molecule has 0 radical (unpaired) electrons. The third-order valence-corrected chi connectivity index (χ3v) is 2.38. The van der Waals surface area contributed by atoms with Gasteiger partial charge in [-0.2, -0.15) is 5.10 Å². The summed E-state index contributed by atoms with van der Waals surface area (Å²) < 4.78 is 2.06. The first kappa shape index (κ1) is 10.6. The smallest absolute Gasteiger partial charge is 0.0537 e. The van der Waals surface area contributed by atoms with E-state index in [0.717, 1.165) is 5.56 Å². The van der Waals surface area contributed by atoms with Gasteiger partial charge in [0.25, 0.3) is 0 Å². The molecule has 1 aromatic rings. The number of halogens is 1. The van der Waals surface area contributed by atoms with Crippen LogP contribution < -0.4 is 0 Å². The average Bonchev–Trinajstić information content (AvgIpc) is 2.46. The molecule has 0 unspecified atom stereocenters. The van der Waals surface area contributed by atoms with Crippen LogP contribution in [0.3, 0.4) is 0 Å². The van der Waals surface area contributed by atoms with Crippen molar-refractivity contribution in [1.29, 1.82) is 0 Å². The van der Waals surface area contributed by atoms with Crippen LogP contribution in [0.2, 0.25) is 0 Å². The molecule has 0 aliphatic carbocycles. The number of nitrogens with zero attached hydrogens (tertiary/aromatic N) is 2. The second kappa shape index (κ2) is 4.14. The summed E-state index contributed by atoms with van der Waals surface area (Å²) in [6, 6.07) is 0.411. The van der Waals surface area contributed by atoms with E-state index < -0.39 is 0 Å². The summed E-state index contributed by atoms with van der Waals surface area (Å²) in [5.74, 6) is 1.04. The highest BCUT2D eigenvalue weighted by Crippen LogP contribution is 2.23. The lowest BCUT2D eigenvalue weighted by Gasteiger charge is -2.14. The molecule has 13 heavy (non-hydrogen) atoms. The molecule has 0 saturated carbocycles. The van der Waals surface area contributed by atoms with Crippen LogP contribution in [0.15, 0.2) is 6.20 Å². The van der Waals surface area contributed by atoms with Crippen molar-refractivity contribution in [2.24, 2.45) is 0 Å². The maximum Gasteiger partial charge on any atom is 0.0537 e. The van der Waals surface area contributed by atoms with Gasteiger partial charge in [-0.3, -0.25) is 4.68 Å². The Balaban J connectivity index is 3.14. The van der Waals surface area contributed by atoms with E-state index in [1.807, 2.05) is 6.20 Å². The van der Waals surface area contributed by atoms with Crippen molar-refractivity contribution in [3.63, 3.8) is 0 Å². The monoisotopic (exact) mass is 200 g/mol. The molecule has 0 aliphatic rings. The molecule has 0 bridgehead atoms. The molecule has 74 valence electrons. The number of hydrogen-bond acceptors (Lipinski definition) is 1. The lowest BCUT2D eigenvalue weighted by atomic mass is 10.1. The minimum absolute atomic E-state index is 0.411. The molecule has 1 aromatic heterocycles. The predicted octanol–water partition coefficient (Wildman–Crippen LogP) is 3.33. The van der Waals surface area contributed by atoms with Crippen LogP contribution in [0, 0.1) is 0 Å². The van der Waals surface area contributed by atoms with Crippen molar-refractivity contribution in [3.05, 3.63) is 17.5 Å². The molecule has 0 saturated heterocycles. The van der Waals surface area contributed by atoms with E-state index in [0.29, 0.717) is 17.8 Å². The van der Waals surface area contributed by atoms with E-state index in [9.17, 15) is 0 Å². The molecule has 0 amide bonds. The zero-order valence-electron chi connectivity index (χ0n) is 8.71. The summed E-state index contributed by atoms with van der Waals surface area (Å²) in [6.45, 7) is 8.62. The van der Waals surface area contributed by atoms with Crippen LogP contribution in [0.1, 0.15) is 50.9 Å². The molecule has 1 heterocycles. The molecule has 0 aromatic carbocycles. The van der Waals surface area contributed by atoms with Gasteiger partial charge in [0.2, 0.25) is 0 Å². The average molecular weight is 201 g/mol. The first-order valence-corrected chi connectivity index (χ1v) is 5.23. The van der Waals surface area contributed by atoms with Crippen LogP contribution in [0.25, 0.3) is 0 Å². The van der Waals surface area contributed by atoms with Crippen molar-refractivity contribution in [2.75, 3.05) is 0 Å². The fourth-order valence-electron chi connectivity index (χ4n) is 1.56. The van der Waals surface area contributed by atoms with Gasteiger partial charge in [0.15, 0.2) is 0 Å². The number of alkyl halides is 1. The summed E-state index contributed by atoms with van der Waals surface area (Å²) >= 11 is 5.84. The molecule has 0 N–H and O–H groups in total. The Morgan fingerprint density at radius 1 is 1.38 bits per heavy atom. The van der Waals surface area contributed by atoms with Gasteiger partial charge < -0.3 is 0 Å². The molecule has 3 heteroatoms. The Hall–Kier alpha value is -0.500. The number of rotatable bonds is 3. The maximum absolute atomic E-state index is 5.84. The van der Waals surface area contributed by atoms with Gasteiger partial charge in [-0.1, -0.05) is 13.8 Å². The summed E-state index contributed by atoms with van der Waals surface area (Å²) in [6.07, 6.45) is 1.88. The van der Waals surface area contributed by atoms with E-state index in [4.69, 9.17) is 11.6 Å². The topological polar surface area (TPSA) is 17.8 Å². The normalized spacial score (nSPS) is 11.6. The van der Waals surface area contributed by atoms with E-state index >= 15 is 0 Å². The zero-order chi connectivity index (χ0) is 10.0. The first-order valence-electron chi connectivity index (χ1n) is 4.70. The van der Waals surface area contributed by atoms with Crippen LogP contribution in [0.4, 0.5) is 0 Å². The van der Waals surface area contributed by atoms with Gasteiger partial charge in [0, 0.05) is 17.3 Å². The van der Waals surface area contributed by atoms with Gasteiger partial charge in [0.05, 0.1) is 12.1 Å². The molecule has 0 aliphatic heterocycles. The maximum atomic E-state index is 5.84. The summed E-state index contributed by atoms with van der Waals surface area (Å²) in [7, 11) is 0. The molecule has 0 atom stereocenters. The fourth-order valence-corrected chi connectivity index (χ4v) is 1.76. The SMILES string of the molecule is CC(C)c1c(CCl)cnn1C(C)C. The molecule has 1 rings (SSSR count). The third kappa shape index (κ3) is 2.05.